The van der Waals surface area contributed by atoms with Gasteiger partial charge in [-0.15, -0.1) is 0 Å². The molecule has 7 nitrogen and oxygen atoms in total. The molecule has 1 heterocycles. The molecule has 0 bridgehead atoms. The predicted molar refractivity (Wildman–Crippen MR) is 141 cm³/mol. The number of ether oxygens (including phenoxy) is 2. The summed E-state index contributed by atoms with van der Waals surface area (Å²) in [5.74, 6) is -0.604. The number of aliphatic hydroxyl groups excluding tert-OH is 1. The lowest BCUT2D eigenvalue weighted by molar-refractivity contribution is -0.132. The molecule has 1 amide bonds. The maximum atomic E-state index is 13.5. The summed E-state index contributed by atoms with van der Waals surface area (Å²) in [6.45, 7) is 2.46. The zero-order valence-corrected chi connectivity index (χ0v) is 20.9. The molecule has 3 aromatic rings. The molecular formula is C29H30N2O5. The Kier molecular flexibility index (Phi) is 7.29. The molecule has 4 rings (SSSR count). The number of hydrogen-bond acceptors (Lipinski definition) is 6. The Morgan fingerprint density at radius 3 is 2.25 bits per heavy atom. The van der Waals surface area contributed by atoms with Crippen molar-refractivity contribution in [1.82, 2.24) is 0 Å². The van der Waals surface area contributed by atoms with E-state index in [1.54, 1.807) is 49.6 Å². The minimum absolute atomic E-state index is 0.0214. The average Bonchev–Trinajstić information content (AvgIpc) is 3.17. The van der Waals surface area contributed by atoms with E-state index in [4.69, 9.17) is 9.47 Å². The summed E-state index contributed by atoms with van der Waals surface area (Å²) in [7, 11) is 5.42. The van der Waals surface area contributed by atoms with E-state index in [-0.39, 0.29) is 11.3 Å². The summed E-state index contributed by atoms with van der Waals surface area (Å²) in [6.07, 6.45) is 0.792. The molecule has 0 saturated carbocycles. The van der Waals surface area contributed by atoms with Crippen LogP contribution in [0.5, 0.6) is 11.5 Å². The van der Waals surface area contributed by atoms with E-state index in [1.807, 2.05) is 56.3 Å². The number of aliphatic hydroxyl groups is 1. The fraction of sp³-hybridized carbons (Fsp3) is 0.241. The second-order valence-electron chi connectivity index (χ2n) is 8.70. The van der Waals surface area contributed by atoms with Gasteiger partial charge in [-0.05, 0) is 60.5 Å². The summed E-state index contributed by atoms with van der Waals surface area (Å²) in [4.78, 5) is 30.3. The number of carbonyl (C=O) groups is 2. The van der Waals surface area contributed by atoms with Crippen LogP contribution in [-0.4, -0.2) is 44.6 Å². The van der Waals surface area contributed by atoms with Gasteiger partial charge < -0.3 is 19.5 Å². The Morgan fingerprint density at radius 2 is 1.64 bits per heavy atom. The van der Waals surface area contributed by atoms with Gasteiger partial charge in [0.1, 0.15) is 17.3 Å². The number of carbonyl (C=O) groups excluding carboxylic acids is 2. The molecule has 1 fully saturated rings. The normalized spacial score (nSPS) is 16.8. The highest BCUT2D eigenvalue weighted by Gasteiger charge is 2.47. The van der Waals surface area contributed by atoms with Gasteiger partial charge in [0, 0.05) is 25.3 Å². The maximum Gasteiger partial charge on any atom is 0.300 e. The SMILES string of the molecule is CCCOc1ccccc1N1C(=O)C(=O)/C(=C(\O)c2ccc(OC)cc2)C1c1ccc(N(C)C)cc1. The Labute approximate surface area is 211 Å². The number of ketones is 1. The largest absolute Gasteiger partial charge is 0.507 e. The molecule has 1 N–H and O–H groups in total. The molecule has 0 radical (unpaired) electrons. The Balaban J connectivity index is 1.91. The zero-order valence-electron chi connectivity index (χ0n) is 20.9. The summed E-state index contributed by atoms with van der Waals surface area (Å²) >= 11 is 0. The lowest BCUT2D eigenvalue weighted by Gasteiger charge is -2.27. The number of rotatable bonds is 8. The Hall–Kier alpha value is -4.26. The van der Waals surface area contributed by atoms with Crippen LogP contribution in [0.15, 0.2) is 78.4 Å². The molecule has 1 unspecified atom stereocenters. The van der Waals surface area contributed by atoms with Crippen molar-refractivity contribution in [3.05, 3.63) is 89.5 Å². The van der Waals surface area contributed by atoms with Gasteiger partial charge in [0.2, 0.25) is 0 Å². The first-order chi connectivity index (χ1) is 17.4. The molecule has 7 heteroatoms. The number of Topliss-reactive ketones (excluding diaryl/α,β-unsaturated/α-hetero) is 1. The molecule has 186 valence electrons. The molecular weight excluding hydrogens is 456 g/mol. The minimum atomic E-state index is -0.838. The van der Waals surface area contributed by atoms with E-state index in [9.17, 15) is 14.7 Å². The number of benzene rings is 3. The molecule has 1 aliphatic rings. The van der Waals surface area contributed by atoms with E-state index < -0.39 is 17.7 Å². The third kappa shape index (κ3) is 4.64. The van der Waals surface area contributed by atoms with Gasteiger partial charge in [-0.1, -0.05) is 31.2 Å². The van der Waals surface area contributed by atoms with Crippen molar-refractivity contribution in [1.29, 1.82) is 0 Å². The van der Waals surface area contributed by atoms with Crippen molar-refractivity contribution in [3.63, 3.8) is 0 Å². The van der Waals surface area contributed by atoms with Gasteiger partial charge in [-0.3, -0.25) is 14.5 Å². The minimum Gasteiger partial charge on any atom is -0.507 e. The fourth-order valence-corrected chi connectivity index (χ4v) is 4.25. The van der Waals surface area contributed by atoms with Crippen molar-refractivity contribution < 1.29 is 24.2 Å². The third-order valence-electron chi connectivity index (χ3n) is 6.12. The number of amides is 1. The van der Waals surface area contributed by atoms with Crippen LogP contribution in [0.1, 0.15) is 30.5 Å². The predicted octanol–water partition coefficient (Wildman–Crippen LogP) is 5.18. The quantitative estimate of drug-likeness (QED) is 0.269. The monoisotopic (exact) mass is 486 g/mol. The van der Waals surface area contributed by atoms with Crippen LogP contribution < -0.4 is 19.3 Å². The van der Waals surface area contributed by atoms with Crippen LogP contribution in [0.4, 0.5) is 11.4 Å². The van der Waals surface area contributed by atoms with Crippen LogP contribution in [0.3, 0.4) is 0 Å². The van der Waals surface area contributed by atoms with Crippen LogP contribution >= 0.6 is 0 Å². The van der Waals surface area contributed by atoms with Gasteiger partial charge >= 0.3 is 0 Å². The van der Waals surface area contributed by atoms with Gasteiger partial charge in [0.15, 0.2) is 0 Å². The highest BCUT2D eigenvalue weighted by Crippen LogP contribution is 2.45. The Bertz CT molecular complexity index is 1280. The molecule has 1 saturated heterocycles. The molecule has 0 spiro atoms. The first-order valence-corrected chi connectivity index (χ1v) is 11.8. The summed E-state index contributed by atoms with van der Waals surface area (Å²) in [5, 5.41) is 11.3. The van der Waals surface area contributed by atoms with Gasteiger partial charge in [-0.2, -0.15) is 0 Å². The lowest BCUT2D eigenvalue weighted by atomic mass is 9.95. The van der Waals surface area contributed by atoms with E-state index in [0.29, 0.717) is 34.9 Å². The van der Waals surface area contributed by atoms with Crippen molar-refractivity contribution in [2.24, 2.45) is 0 Å². The molecule has 1 aliphatic heterocycles. The van der Waals surface area contributed by atoms with Gasteiger partial charge in [-0.25, -0.2) is 0 Å². The standard InChI is InChI=1S/C29H30N2O5/c1-5-18-36-24-9-7-6-8-23(24)31-26(19-10-14-21(15-11-19)30(2)3)25(28(33)29(31)34)27(32)20-12-16-22(35-4)17-13-20/h6-17,26,32H,5,18H2,1-4H3/b27-25-. The summed E-state index contributed by atoms with van der Waals surface area (Å²) in [6, 6.07) is 20.6. The van der Waals surface area contributed by atoms with Crippen LogP contribution in [0.25, 0.3) is 5.76 Å². The van der Waals surface area contributed by atoms with Crippen molar-refractivity contribution in [2.45, 2.75) is 19.4 Å². The van der Waals surface area contributed by atoms with E-state index in [2.05, 4.69) is 0 Å². The van der Waals surface area contributed by atoms with E-state index in [1.165, 1.54) is 4.90 Å². The van der Waals surface area contributed by atoms with Gasteiger partial charge in [0.25, 0.3) is 11.7 Å². The topological polar surface area (TPSA) is 79.3 Å². The Morgan fingerprint density at radius 1 is 0.972 bits per heavy atom. The fourth-order valence-electron chi connectivity index (χ4n) is 4.25. The third-order valence-corrected chi connectivity index (χ3v) is 6.12. The number of para-hydroxylation sites is 2. The first-order valence-electron chi connectivity index (χ1n) is 11.8. The first kappa shape index (κ1) is 24.9. The number of hydrogen-bond donors (Lipinski definition) is 1. The number of methoxy groups -OCH3 is 1. The smallest absolute Gasteiger partial charge is 0.300 e. The zero-order chi connectivity index (χ0) is 25.8. The van der Waals surface area contributed by atoms with Crippen molar-refractivity contribution >= 4 is 28.8 Å². The second kappa shape index (κ2) is 10.6. The second-order valence-corrected chi connectivity index (χ2v) is 8.70. The molecule has 36 heavy (non-hydrogen) atoms. The van der Waals surface area contributed by atoms with Crippen molar-refractivity contribution in [3.8, 4) is 11.5 Å². The average molecular weight is 487 g/mol. The van der Waals surface area contributed by atoms with E-state index in [0.717, 1.165) is 12.1 Å². The van der Waals surface area contributed by atoms with Gasteiger partial charge in [0.05, 0.1) is 31.0 Å². The summed E-state index contributed by atoms with van der Waals surface area (Å²) in [5.41, 5.74) is 2.58. The maximum absolute atomic E-state index is 13.5. The summed E-state index contributed by atoms with van der Waals surface area (Å²) < 4.78 is 11.1. The highest BCUT2D eigenvalue weighted by molar-refractivity contribution is 6.51. The number of anilines is 2. The molecule has 1 atom stereocenters. The van der Waals surface area contributed by atoms with Crippen molar-refractivity contribution in [2.75, 3.05) is 37.6 Å². The van der Waals surface area contributed by atoms with E-state index >= 15 is 0 Å². The van der Waals surface area contributed by atoms with Crippen LogP contribution in [-0.2, 0) is 9.59 Å². The molecule has 0 aliphatic carbocycles. The molecule has 0 aromatic heterocycles. The lowest BCUT2D eigenvalue weighted by Crippen LogP contribution is -2.30. The molecule has 3 aromatic carbocycles. The number of nitrogens with zero attached hydrogens (tertiary/aromatic N) is 2. The van der Waals surface area contributed by atoms with Crippen LogP contribution in [0, 0.1) is 0 Å². The highest BCUT2D eigenvalue weighted by atomic mass is 16.5. The van der Waals surface area contributed by atoms with Crippen LogP contribution in [0.2, 0.25) is 0 Å².